The number of aryl methyl sites for hydroxylation is 1. The van der Waals surface area contributed by atoms with Crippen molar-refractivity contribution in [1.29, 1.82) is 0 Å². The van der Waals surface area contributed by atoms with E-state index in [9.17, 15) is 4.79 Å². The van der Waals surface area contributed by atoms with Crippen LogP contribution >= 0.6 is 0 Å². The van der Waals surface area contributed by atoms with Gasteiger partial charge in [0.05, 0.1) is 5.69 Å². The molecule has 0 amide bonds. The summed E-state index contributed by atoms with van der Waals surface area (Å²) in [6.07, 6.45) is 0. The number of H-pyrrole nitrogens is 1. The summed E-state index contributed by atoms with van der Waals surface area (Å²) in [5.41, 5.74) is 3.60. The van der Waals surface area contributed by atoms with Gasteiger partial charge in [0.25, 0.3) is 5.56 Å². The van der Waals surface area contributed by atoms with E-state index >= 15 is 0 Å². The fourth-order valence-electron chi connectivity index (χ4n) is 1.94. The Hall–Kier alpha value is -1.94. The number of aromatic amines is 1. The molecule has 106 valence electrons. The first-order valence-corrected chi connectivity index (χ1v) is 6.92. The molecule has 2 N–H and O–H groups in total. The zero-order chi connectivity index (χ0) is 14.5. The number of rotatable bonds is 5. The number of aromatic nitrogens is 2. The topological polar surface area (TPSA) is 57.8 Å². The van der Waals surface area contributed by atoms with Crippen LogP contribution in [0.25, 0.3) is 11.3 Å². The summed E-state index contributed by atoms with van der Waals surface area (Å²) >= 11 is 0. The van der Waals surface area contributed by atoms with E-state index in [0.29, 0.717) is 12.5 Å². The molecule has 0 bridgehead atoms. The lowest BCUT2D eigenvalue weighted by Gasteiger charge is -2.08. The van der Waals surface area contributed by atoms with Gasteiger partial charge < -0.3 is 5.32 Å². The number of nitrogens with one attached hydrogen (secondary N) is 2. The molecule has 0 atom stereocenters. The van der Waals surface area contributed by atoms with Crippen LogP contribution in [0.15, 0.2) is 35.1 Å². The summed E-state index contributed by atoms with van der Waals surface area (Å²) in [5, 5.41) is 9.97. The van der Waals surface area contributed by atoms with Crippen LogP contribution in [0.5, 0.6) is 0 Å². The van der Waals surface area contributed by atoms with Gasteiger partial charge in [-0.2, -0.15) is 5.10 Å². The van der Waals surface area contributed by atoms with Crippen LogP contribution in [0.2, 0.25) is 0 Å². The van der Waals surface area contributed by atoms with E-state index in [2.05, 4.69) is 29.4 Å². The average molecular weight is 271 g/mol. The predicted octanol–water partition coefficient (Wildman–Crippen LogP) is 2.49. The van der Waals surface area contributed by atoms with Crippen LogP contribution in [0.1, 0.15) is 25.0 Å². The van der Waals surface area contributed by atoms with Gasteiger partial charge in [-0.15, -0.1) is 0 Å². The monoisotopic (exact) mass is 271 g/mol. The summed E-state index contributed by atoms with van der Waals surface area (Å²) in [6, 6.07) is 9.97. The van der Waals surface area contributed by atoms with Crippen molar-refractivity contribution in [3.63, 3.8) is 0 Å². The van der Waals surface area contributed by atoms with Gasteiger partial charge in [0.2, 0.25) is 0 Å². The van der Waals surface area contributed by atoms with Crippen molar-refractivity contribution in [2.75, 3.05) is 6.54 Å². The van der Waals surface area contributed by atoms with E-state index < -0.39 is 0 Å². The minimum Gasteiger partial charge on any atom is -0.312 e. The highest BCUT2D eigenvalue weighted by atomic mass is 16.1. The zero-order valence-corrected chi connectivity index (χ0v) is 12.2. The lowest BCUT2D eigenvalue weighted by Crippen LogP contribution is -2.24. The van der Waals surface area contributed by atoms with Crippen LogP contribution < -0.4 is 10.9 Å². The van der Waals surface area contributed by atoms with E-state index in [1.165, 1.54) is 5.56 Å². The summed E-state index contributed by atoms with van der Waals surface area (Å²) in [5.74, 6) is 0.562. The van der Waals surface area contributed by atoms with Gasteiger partial charge in [-0.1, -0.05) is 43.7 Å². The number of benzene rings is 1. The highest BCUT2D eigenvalue weighted by Crippen LogP contribution is 2.16. The maximum atomic E-state index is 11.8. The van der Waals surface area contributed by atoms with Crippen molar-refractivity contribution in [2.45, 2.75) is 27.3 Å². The van der Waals surface area contributed by atoms with Gasteiger partial charge in [0.1, 0.15) is 0 Å². The molecule has 2 aromatic rings. The molecule has 1 heterocycles. The molecular weight excluding hydrogens is 250 g/mol. The van der Waals surface area contributed by atoms with E-state index in [-0.39, 0.29) is 5.56 Å². The molecule has 0 aliphatic heterocycles. The van der Waals surface area contributed by atoms with Crippen LogP contribution in [0.4, 0.5) is 0 Å². The molecule has 2 rings (SSSR count). The first-order valence-electron chi connectivity index (χ1n) is 6.92. The normalized spacial score (nSPS) is 11.0. The number of hydrogen-bond acceptors (Lipinski definition) is 3. The van der Waals surface area contributed by atoms with Gasteiger partial charge >= 0.3 is 0 Å². The first kappa shape index (κ1) is 14.5. The lowest BCUT2D eigenvalue weighted by molar-refractivity contribution is 0.550. The second-order valence-corrected chi connectivity index (χ2v) is 5.50. The molecule has 4 nitrogen and oxygen atoms in total. The molecule has 0 unspecified atom stereocenters. The molecule has 4 heteroatoms. The van der Waals surface area contributed by atoms with E-state index in [1.807, 2.05) is 37.3 Å². The third-order valence-electron chi connectivity index (χ3n) is 3.10. The van der Waals surface area contributed by atoms with Crippen molar-refractivity contribution in [3.8, 4) is 11.3 Å². The number of nitrogens with zero attached hydrogens (tertiary/aromatic N) is 1. The summed E-state index contributed by atoms with van der Waals surface area (Å²) in [7, 11) is 0. The molecule has 1 aromatic heterocycles. The van der Waals surface area contributed by atoms with Crippen molar-refractivity contribution in [3.05, 3.63) is 51.8 Å². The summed E-state index contributed by atoms with van der Waals surface area (Å²) in [6.45, 7) is 7.78. The fourth-order valence-corrected chi connectivity index (χ4v) is 1.94. The van der Waals surface area contributed by atoms with Gasteiger partial charge in [-0.25, -0.2) is 5.10 Å². The maximum absolute atomic E-state index is 11.8. The zero-order valence-electron chi connectivity index (χ0n) is 12.2. The highest BCUT2D eigenvalue weighted by Gasteiger charge is 2.05. The Bertz CT molecular complexity index is 614. The number of hydrogen-bond donors (Lipinski definition) is 2. The Balaban J connectivity index is 2.19. The van der Waals surface area contributed by atoms with Crippen molar-refractivity contribution in [2.24, 2.45) is 5.92 Å². The van der Waals surface area contributed by atoms with Gasteiger partial charge in [-0.3, -0.25) is 4.79 Å². The minimum absolute atomic E-state index is 0.128. The van der Waals surface area contributed by atoms with Crippen molar-refractivity contribution in [1.82, 2.24) is 15.5 Å². The van der Waals surface area contributed by atoms with Gasteiger partial charge in [0, 0.05) is 17.7 Å². The highest BCUT2D eigenvalue weighted by molar-refractivity contribution is 5.59. The van der Waals surface area contributed by atoms with Crippen molar-refractivity contribution < 1.29 is 0 Å². The third-order valence-corrected chi connectivity index (χ3v) is 3.10. The van der Waals surface area contributed by atoms with E-state index in [1.54, 1.807) is 0 Å². The second kappa shape index (κ2) is 6.48. The second-order valence-electron chi connectivity index (χ2n) is 5.50. The van der Waals surface area contributed by atoms with Crippen LogP contribution in [-0.4, -0.2) is 16.7 Å². The SMILES string of the molecule is Cc1ccc(-c2cc(CNCC(C)C)c(=O)[nH]n2)cc1. The molecule has 1 aromatic carbocycles. The Kier molecular flexibility index (Phi) is 4.69. The quantitative estimate of drug-likeness (QED) is 0.878. The molecule has 20 heavy (non-hydrogen) atoms. The van der Waals surface area contributed by atoms with Gasteiger partial charge in [-0.05, 0) is 25.5 Å². The maximum Gasteiger partial charge on any atom is 0.268 e. The minimum atomic E-state index is -0.128. The van der Waals surface area contributed by atoms with Gasteiger partial charge in [0.15, 0.2) is 0 Å². The molecule has 0 radical (unpaired) electrons. The van der Waals surface area contributed by atoms with Crippen LogP contribution in [-0.2, 0) is 6.54 Å². The van der Waals surface area contributed by atoms with Crippen molar-refractivity contribution >= 4 is 0 Å². The molecule has 0 saturated carbocycles. The summed E-state index contributed by atoms with van der Waals surface area (Å²) in [4.78, 5) is 11.8. The molecule has 0 fully saturated rings. The molecule has 0 spiro atoms. The Morgan fingerprint density at radius 3 is 2.60 bits per heavy atom. The first-order chi connectivity index (χ1) is 9.56. The summed E-state index contributed by atoms with van der Waals surface area (Å²) < 4.78 is 0. The molecular formula is C16H21N3O. The van der Waals surface area contributed by atoms with Crippen LogP contribution in [0.3, 0.4) is 0 Å². The smallest absolute Gasteiger partial charge is 0.268 e. The Morgan fingerprint density at radius 2 is 1.95 bits per heavy atom. The standard InChI is InChI=1S/C16H21N3O/c1-11(2)9-17-10-14-8-15(18-19-16(14)20)13-6-4-12(3)5-7-13/h4-8,11,17H,9-10H2,1-3H3,(H,19,20). The van der Waals surface area contributed by atoms with E-state index in [4.69, 9.17) is 0 Å². The predicted molar refractivity (Wildman–Crippen MR) is 81.6 cm³/mol. The lowest BCUT2D eigenvalue weighted by atomic mass is 10.1. The average Bonchev–Trinajstić information content (AvgIpc) is 2.41. The Morgan fingerprint density at radius 1 is 1.25 bits per heavy atom. The molecule has 0 aliphatic carbocycles. The third kappa shape index (κ3) is 3.78. The van der Waals surface area contributed by atoms with Crippen LogP contribution in [0, 0.1) is 12.8 Å². The molecule has 0 saturated heterocycles. The Labute approximate surface area is 119 Å². The molecule has 0 aliphatic rings. The van der Waals surface area contributed by atoms with E-state index in [0.717, 1.165) is 23.4 Å². The largest absolute Gasteiger partial charge is 0.312 e. The fraction of sp³-hybridized carbons (Fsp3) is 0.375.